The highest BCUT2D eigenvalue weighted by atomic mass is 15.4. The van der Waals surface area contributed by atoms with E-state index in [-0.39, 0.29) is 12.3 Å². The number of allylic oxidation sites excluding steroid dienone is 7. The average molecular weight is 637 g/mol. The predicted molar refractivity (Wildman–Crippen MR) is 204 cm³/mol. The van der Waals surface area contributed by atoms with E-state index in [1.165, 1.54) is 22.3 Å². The van der Waals surface area contributed by atoms with Gasteiger partial charge in [0.25, 0.3) is 0 Å². The summed E-state index contributed by atoms with van der Waals surface area (Å²) < 4.78 is 0. The van der Waals surface area contributed by atoms with E-state index in [0.29, 0.717) is 0 Å². The van der Waals surface area contributed by atoms with Gasteiger partial charge in [-0.15, -0.1) is 0 Å². The molecule has 2 atom stereocenters. The van der Waals surface area contributed by atoms with Crippen molar-refractivity contribution in [2.45, 2.75) is 38.0 Å². The van der Waals surface area contributed by atoms with Gasteiger partial charge in [-0.1, -0.05) is 134 Å². The molecule has 0 saturated carbocycles. The smallest absolute Gasteiger partial charge is 0.131 e. The predicted octanol–water partition coefficient (Wildman–Crippen LogP) is 10.4. The number of rotatable bonds is 7. The maximum Gasteiger partial charge on any atom is 0.131 e. The molecule has 0 saturated heterocycles. The zero-order valence-electron chi connectivity index (χ0n) is 27.8. The summed E-state index contributed by atoms with van der Waals surface area (Å²) in [4.78, 5) is 12.9. The molecule has 5 aromatic rings. The third-order valence-corrected chi connectivity index (χ3v) is 9.66. The molecule has 49 heavy (non-hydrogen) atoms. The Morgan fingerprint density at radius 1 is 0.633 bits per heavy atom. The van der Waals surface area contributed by atoms with E-state index >= 15 is 0 Å². The second-order valence-electron chi connectivity index (χ2n) is 13.0. The first-order valence-corrected chi connectivity index (χ1v) is 17.3. The van der Waals surface area contributed by atoms with Gasteiger partial charge in [0.05, 0.1) is 11.4 Å². The fourth-order valence-electron chi connectivity index (χ4n) is 7.05. The highest BCUT2D eigenvalue weighted by Gasteiger charge is 2.32. The molecule has 0 fully saturated rings. The van der Waals surface area contributed by atoms with Crippen molar-refractivity contribution in [2.24, 2.45) is 4.99 Å². The van der Waals surface area contributed by atoms with Gasteiger partial charge in [0.1, 0.15) is 18.2 Å². The van der Waals surface area contributed by atoms with Gasteiger partial charge in [0.2, 0.25) is 0 Å². The lowest BCUT2D eigenvalue weighted by molar-refractivity contribution is 0.170. The maximum absolute atomic E-state index is 5.33. The molecule has 0 radical (unpaired) electrons. The Morgan fingerprint density at radius 2 is 1.31 bits per heavy atom. The Bertz CT molecular complexity index is 2120. The van der Waals surface area contributed by atoms with Crippen LogP contribution in [0.1, 0.15) is 48.5 Å². The lowest BCUT2D eigenvalue weighted by Gasteiger charge is -2.40. The minimum Gasteiger partial charge on any atom is -0.350 e. The van der Waals surface area contributed by atoms with Gasteiger partial charge < -0.3 is 5.32 Å². The van der Waals surface area contributed by atoms with Gasteiger partial charge in [-0.05, 0) is 90.4 Å². The monoisotopic (exact) mass is 636 g/mol. The summed E-state index contributed by atoms with van der Waals surface area (Å²) in [5.74, 6) is 0.918. The van der Waals surface area contributed by atoms with E-state index in [2.05, 4.69) is 175 Å². The van der Waals surface area contributed by atoms with Crippen LogP contribution in [0, 0.1) is 0 Å². The second-order valence-corrected chi connectivity index (χ2v) is 13.0. The van der Waals surface area contributed by atoms with Gasteiger partial charge in [-0.3, -0.25) is 4.90 Å². The standard InChI is InChI=1S/C45H40N4/c1-49-44(34-20-10-4-11-21-34)47-43(48-45(49)35-22-12-5-13-23-35)39-27-15-25-37(29-39)36-24-14-26-38(28-36)42-31-40(32-16-6-2-7-17-32)30-41(46-42)33-18-8-3-9-19-33/h3-6,8-12,14-22,24-31,44-45H,2,7,13,23H2,1H3,(H,47,48). The Hall–Kier alpha value is -5.58. The summed E-state index contributed by atoms with van der Waals surface area (Å²) in [7, 11) is 2.17. The molecule has 8 rings (SSSR count). The van der Waals surface area contributed by atoms with Crippen molar-refractivity contribution in [2.75, 3.05) is 7.05 Å². The number of likely N-dealkylation sites (N-methyl/N-ethyl adjacent to an activating group) is 1. The molecule has 3 aliphatic rings. The van der Waals surface area contributed by atoms with E-state index in [9.17, 15) is 0 Å². The molecule has 1 aliphatic heterocycles. The van der Waals surface area contributed by atoms with Crippen LogP contribution in [-0.2, 0) is 0 Å². The first-order valence-electron chi connectivity index (χ1n) is 17.3. The van der Waals surface area contributed by atoms with Gasteiger partial charge in [-0.25, -0.2) is 9.98 Å². The number of hydrogen-bond acceptors (Lipinski definition) is 4. The van der Waals surface area contributed by atoms with Crippen molar-refractivity contribution in [3.8, 4) is 33.6 Å². The highest BCUT2D eigenvalue weighted by molar-refractivity contribution is 6.00. The fourth-order valence-corrected chi connectivity index (χ4v) is 7.05. The van der Waals surface area contributed by atoms with E-state index in [1.807, 2.05) is 0 Å². The quantitative estimate of drug-likeness (QED) is 0.193. The zero-order chi connectivity index (χ0) is 33.0. The van der Waals surface area contributed by atoms with E-state index in [4.69, 9.17) is 9.98 Å². The van der Waals surface area contributed by atoms with Crippen LogP contribution in [0.4, 0.5) is 0 Å². The molecule has 2 aliphatic carbocycles. The SMILES string of the molecule is CN1C(C2=CC=CCC2)N=C(c2cccc(-c3cccc(-c4cc(C5=CCCC=C5)cc(-c5ccccc5)n4)c3)c2)NC1c1ccccc1. The van der Waals surface area contributed by atoms with Crippen LogP contribution in [0.25, 0.3) is 39.2 Å². The molecule has 0 bridgehead atoms. The van der Waals surface area contributed by atoms with E-state index in [0.717, 1.165) is 70.7 Å². The van der Waals surface area contributed by atoms with Gasteiger partial charge >= 0.3 is 0 Å². The average Bonchev–Trinajstić information content (AvgIpc) is 3.19. The summed E-state index contributed by atoms with van der Waals surface area (Å²) in [6.45, 7) is 0. The van der Waals surface area contributed by atoms with Crippen LogP contribution < -0.4 is 5.32 Å². The Morgan fingerprint density at radius 3 is 2.02 bits per heavy atom. The largest absolute Gasteiger partial charge is 0.350 e. The van der Waals surface area contributed by atoms with Crippen molar-refractivity contribution in [1.29, 1.82) is 0 Å². The van der Waals surface area contributed by atoms with Gasteiger partial charge in [-0.2, -0.15) is 0 Å². The van der Waals surface area contributed by atoms with E-state index < -0.39 is 0 Å². The van der Waals surface area contributed by atoms with Gasteiger partial charge in [0.15, 0.2) is 0 Å². The van der Waals surface area contributed by atoms with Crippen molar-refractivity contribution in [3.05, 3.63) is 180 Å². The molecule has 1 N–H and O–H groups in total. The topological polar surface area (TPSA) is 40.5 Å². The van der Waals surface area contributed by atoms with Crippen molar-refractivity contribution in [1.82, 2.24) is 15.2 Å². The molecular formula is C45H40N4. The normalized spacial score (nSPS) is 19.1. The van der Waals surface area contributed by atoms with Crippen LogP contribution >= 0.6 is 0 Å². The molecule has 2 heterocycles. The van der Waals surface area contributed by atoms with Crippen molar-refractivity contribution >= 4 is 11.4 Å². The first kappa shape index (κ1) is 30.7. The van der Waals surface area contributed by atoms with Gasteiger partial charge in [0, 0.05) is 16.7 Å². The number of aromatic nitrogens is 1. The number of pyridine rings is 1. The maximum atomic E-state index is 5.33. The first-order chi connectivity index (χ1) is 24.2. The summed E-state index contributed by atoms with van der Waals surface area (Å²) in [5, 5.41) is 3.79. The number of hydrogen-bond donors (Lipinski definition) is 1. The van der Waals surface area contributed by atoms with Crippen LogP contribution in [-0.4, -0.2) is 28.9 Å². The van der Waals surface area contributed by atoms with Crippen LogP contribution in [0.3, 0.4) is 0 Å². The molecule has 240 valence electrons. The Kier molecular flexibility index (Phi) is 8.70. The van der Waals surface area contributed by atoms with Crippen LogP contribution in [0.15, 0.2) is 168 Å². The van der Waals surface area contributed by atoms with E-state index in [1.54, 1.807) is 0 Å². The molecule has 2 unspecified atom stereocenters. The molecule has 0 spiro atoms. The number of benzene rings is 4. The number of amidine groups is 1. The fraction of sp³-hybridized carbons (Fsp3) is 0.156. The third-order valence-electron chi connectivity index (χ3n) is 9.66. The molecular weight excluding hydrogens is 597 g/mol. The third kappa shape index (κ3) is 6.61. The summed E-state index contributed by atoms with van der Waals surface area (Å²) in [6.07, 6.45) is 17.7. The number of nitrogens with one attached hydrogen (secondary N) is 1. The summed E-state index contributed by atoms with van der Waals surface area (Å²) in [5.41, 5.74) is 12.6. The summed E-state index contributed by atoms with van der Waals surface area (Å²) in [6, 6.07) is 43.1. The molecule has 1 aromatic heterocycles. The number of aliphatic imine (C=N–C) groups is 1. The minimum absolute atomic E-state index is 0.00350. The zero-order valence-corrected chi connectivity index (χ0v) is 27.8. The number of nitrogens with zero attached hydrogens (tertiary/aromatic N) is 3. The van der Waals surface area contributed by atoms with Crippen LogP contribution in [0.2, 0.25) is 0 Å². The minimum atomic E-state index is -0.0373. The highest BCUT2D eigenvalue weighted by Crippen LogP contribution is 2.34. The molecule has 4 aromatic carbocycles. The lowest BCUT2D eigenvalue weighted by Crippen LogP contribution is -2.50. The van der Waals surface area contributed by atoms with Crippen molar-refractivity contribution < 1.29 is 0 Å². The molecule has 0 amide bonds. The molecule has 4 heteroatoms. The molecule has 4 nitrogen and oxygen atoms in total. The van der Waals surface area contributed by atoms with Crippen molar-refractivity contribution in [3.63, 3.8) is 0 Å². The second kappa shape index (κ2) is 13.9. The van der Waals surface area contributed by atoms with Crippen LogP contribution in [0.5, 0.6) is 0 Å². The Labute approximate surface area is 289 Å². The summed E-state index contributed by atoms with van der Waals surface area (Å²) >= 11 is 0. The Balaban J connectivity index is 1.16. The lowest BCUT2D eigenvalue weighted by atomic mass is 9.95.